The highest BCUT2D eigenvalue weighted by Crippen LogP contribution is 2.38. The Kier molecular flexibility index (Phi) is 6.54. The molecule has 0 saturated carbocycles. The molecule has 7 heteroatoms. The molecule has 2 aromatic carbocycles. The maximum absolute atomic E-state index is 13.1. The number of halogens is 1. The second-order valence-corrected chi connectivity index (χ2v) is 7.59. The van der Waals surface area contributed by atoms with Gasteiger partial charge < -0.3 is 19.5 Å². The van der Waals surface area contributed by atoms with Crippen LogP contribution in [0.3, 0.4) is 0 Å². The van der Waals surface area contributed by atoms with E-state index in [1.54, 1.807) is 12.1 Å². The van der Waals surface area contributed by atoms with Gasteiger partial charge in [0.15, 0.2) is 11.5 Å². The van der Waals surface area contributed by atoms with Crippen LogP contribution < -0.4 is 14.8 Å². The number of hydrogen-bond acceptors (Lipinski definition) is 5. The number of carbonyl (C=O) groups is 1. The number of morpholine rings is 1. The summed E-state index contributed by atoms with van der Waals surface area (Å²) in [6.45, 7) is 4.95. The fraction of sp³-hybridized carbons (Fsp3) is 0.409. The van der Waals surface area contributed by atoms with Gasteiger partial charge >= 0.3 is 0 Å². The van der Waals surface area contributed by atoms with E-state index in [-0.39, 0.29) is 11.9 Å². The molecule has 1 N–H and O–H groups in total. The number of nitrogens with one attached hydrogen (secondary N) is 1. The van der Waals surface area contributed by atoms with E-state index in [1.165, 1.54) is 0 Å². The van der Waals surface area contributed by atoms with E-state index in [0.29, 0.717) is 48.5 Å². The first kappa shape index (κ1) is 20.0. The van der Waals surface area contributed by atoms with Crippen LogP contribution in [0.1, 0.15) is 28.4 Å². The van der Waals surface area contributed by atoms with Crippen LogP contribution in [0.15, 0.2) is 42.5 Å². The van der Waals surface area contributed by atoms with Gasteiger partial charge in [0, 0.05) is 31.6 Å². The Hall–Kier alpha value is -2.28. The molecule has 2 aliphatic heterocycles. The molecular formula is C22H25ClN2O4. The van der Waals surface area contributed by atoms with Crippen molar-refractivity contribution in [1.29, 1.82) is 0 Å². The van der Waals surface area contributed by atoms with Crippen LogP contribution in [0.4, 0.5) is 0 Å². The Labute approximate surface area is 175 Å². The first-order valence-electron chi connectivity index (χ1n) is 9.96. The van der Waals surface area contributed by atoms with Gasteiger partial charge in [-0.3, -0.25) is 9.69 Å². The van der Waals surface area contributed by atoms with Gasteiger partial charge in [0.2, 0.25) is 0 Å². The maximum Gasteiger partial charge on any atom is 0.252 e. The number of rotatable bonds is 5. The van der Waals surface area contributed by atoms with Crippen molar-refractivity contribution < 1.29 is 19.0 Å². The first-order valence-corrected chi connectivity index (χ1v) is 10.3. The Morgan fingerprint density at radius 2 is 1.83 bits per heavy atom. The van der Waals surface area contributed by atoms with Crippen molar-refractivity contribution in [2.45, 2.75) is 12.5 Å². The molecule has 2 aliphatic rings. The van der Waals surface area contributed by atoms with Gasteiger partial charge in [-0.15, -0.1) is 0 Å². The Balaban J connectivity index is 1.54. The molecule has 0 radical (unpaired) electrons. The van der Waals surface area contributed by atoms with Crippen LogP contribution in [-0.4, -0.2) is 56.9 Å². The average Bonchev–Trinajstić information content (AvgIpc) is 3.00. The zero-order chi connectivity index (χ0) is 20.1. The molecule has 6 nitrogen and oxygen atoms in total. The van der Waals surface area contributed by atoms with Gasteiger partial charge in [-0.05, 0) is 17.7 Å². The number of amides is 1. The van der Waals surface area contributed by atoms with E-state index in [4.69, 9.17) is 25.8 Å². The van der Waals surface area contributed by atoms with Crippen LogP contribution in [-0.2, 0) is 4.74 Å². The van der Waals surface area contributed by atoms with E-state index < -0.39 is 0 Å². The van der Waals surface area contributed by atoms with Crippen molar-refractivity contribution in [3.8, 4) is 11.5 Å². The van der Waals surface area contributed by atoms with Gasteiger partial charge in [0.1, 0.15) is 0 Å². The molecule has 154 valence electrons. The minimum Gasteiger partial charge on any atom is -0.489 e. The Bertz CT molecular complexity index is 840. The highest BCUT2D eigenvalue weighted by Gasteiger charge is 2.23. The largest absolute Gasteiger partial charge is 0.489 e. The van der Waals surface area contributed by atoms with Crippen LogP contribution >= 0.6 is 11.6 Å². The fourth-order valence-electron chi connectivity index (χ4n) is 3.57. The summed E-state index contributed by atoms with van der Waals surface area (Å²) >= 11 is 6.37. The number of carbonyl (C=O) groups excluding carboxylic acids is 1. The molecule has 1 saturated heterocycles. The highest BCUT2D eigenvalue weighted by molar-refractivity contribution is 6.32. The van der Waals surface area contributed by atoms with Crippen LogP contribution in [0.5, 0.6) is 11.5 Å². The van der Waals surface area contributed by atoms with Gasteiger partial charge in [-0.25, -0.2) is 0 Å². The maximum atomic E-state index is 13.1. The lowest BCUT2D eigenvalue weighted by molar-refractivity contribution is 0.0332. The van der Waals surface area contributed by atoms with Crippen molar-refractivity contribution in [2.75, 3.05) is 46.1 Å². The molecule has 1 amide bonds. The summed E-state index contributed by atoms with van der Waals surface area (Å²) in [6.07, 6.45) is 0.780. The minimum atomic E-state index is -0.190. The molecule has 0 bridgehead atoms. The molecule has 1 unspecified atom stereocenters. The molecule has 2 aromatic rings. The van der Waals surface area contributed by atoms with Gasteiger partial charge in [-0.1, -0.05) is 41.9 Å². The van der Waals surface area contributed by atoms with E-state index in [2.05, 4.69) is 10.2 Å². The molecule has 0 aromatic heterocycles. The quantitative estimate of drug-likeness (QED) is 0.810. The summed E-state index contributed by atoms with van der Waals surface area (Å²) < 4.78 is 16.8. The normalized spacial score (nSPS) is 18.0. The van der Waals surface area contributed by atoms with Crippen molar-refractivity contribution in [1.82, 2.24) is 10.2 Å². The molecule has 0 spiro atoms. The SMILES string of the molecule is O=C(NC(CN1CCOCC1)c1ccccc1)c1cc(Cl)c2c(c1)OCCCO2. The highest BCUT2D eigenvalue weighted by atomic mass is 35.5. The molecule has 4 rings (SSSR count). The van der Waals surface area contributed by atoms with Crippen LogP contribution in [0, 0.1) is 0 Å². The van der Waals surface area contributed by atoms with Crippen molar-refractivity contribution in [2.24, 2.45) is 0 Å². The van der Waals surface area contributed by atoms with E-state index in [9.17, 15) is 4.79 Å². The second-order valence-electron chi connectivity index (χ2n) is 7.19. The van der Waals surface area contributed by atoms with Crippen molar-refractivity contribution in [3.05, 3.63) is 58.6 Å². The third-order valence-corrected chi connectivity index (χ3v) is 5.40. The number of hydrogen-bond donors (Lipinski definition) is 1. The van der Waals surface area contributed by atoms with Gasteiger partial charge in [0.05, 0.1) is 37.5 Å². The monoisotopic (exact) mass is 416 g/mol. The zero-order valence-corrected chi connectivity index (χ0v) is 17.0. The van der Waals surface area contributed by atoms with Crippen molar-refractivity contribution >= 4 is 17.5 Å². The van der Waals surface area contributed by atoms with E-state index >= 15 is 0 Å². The topological polar surface area (TPSA) is 60.0 Å². The smallest absolute Gasteiger partial charge is 0.252 e. The summed E-state index contributed by atoms with van der Waals surface area (Å²) in [4.78, 5) is 15.4. The van der Waals surface area contributed by atoms with Crippen molar-refractivity contribution in [3.63, 3.8) is 0 Å². The Morgan fingerprint density at radius 1 is 1.07 bits per heavy atom. The molecule has 0 aliphatic carbocycles. The van der Waals surface area contributed by atoms with E-state index in [1.807, 2.05) is 30.3 Å². The molecule has 2 heterocycles. The van der Waals surface area contributed by atoms with Gasteiger partial charge in [-0.2, -0.15) is 0 Å². The van der Waals surface area contributed by atoms with E-state index in [0.717, 1.165) is 31.6 Å². The lowest BCUT2D eigenvalue weighted by atomic mass is 10.0. The Morgan fingerprint density at radius 3 is 2.62 bits per heavy atom. The minimum absolute atomic E-state index is 0.142. The first-order chi connectivity index (χ1) is 14.2. The molecule has 29 heavy (non-hydrogen) atoms. The lowest BCUT2D eigenvalue weighted by Gasteiger charge is -2.31. The number of ether oxygens (including phenoxy) is 3. The third-order valence-electron chi connectivity index (χ3n) is 5.12. The molecular weight excluding hydrogens is 392 g/mol. The average molecular weight is 417 g/mol. The number of fused-ring (bicyclic) bond motifs is 1. The summed E-state index contributed by atoms with van der Waals surface area (Å²) in [5.41, 5.74) is 1.52. The summed E-state index contributed by atoms with van der Waals surface area (Å²) in [5.74, 6) is 0.836. The second kappa shape index (κ2) is 9.48. The molecule has 1 atom stereocenters. The number of benzene rings is 2. The summed E-state index contributed by atoms with van der Waals surface area (Å²) in [6, 6.07) is 13.2. The standard InChI is InChI=1S/C22H25ClN2O4/c23-18-13-17(14-20-21(18)29-10-4-9-28-20)22(26)24-19(16-5-2-1-3-6-16)15-25-7-11-27-12-8-25/h1-3,5-6,13-14,19H,4,7-12,15H2,(H,24,26). The van der Waals surface area contributed by atoms with Gasteiger partial charge in [0.25, 0.3) is 5.91 Å². The predicted octanol–water partition coefficient (Wildman–Crippen LogP) is 3.30. The fourth-order valence-corrected chi connectivity index (χ4v) is 3.83. The van der Waals surface area contributed by atoms with Crippen LogP contribution in [0.2, 0.25) is 5.02 Å². The number of nitrogens with zero attached hydrogens (tertiary/aromatic N) is 1. The molecule has 1 fully saturated rings. The summed E-state index contributed by atoms with van der Waals surface area (Å²) in [5, 5.41) is 3.56. The third kappa shape index (κ3) is 5.01. The lowest BCUT2D eigenvalue weighted by Crippen LogP contribution is -2.43. The zero-order valence-electron chi connectivity index (χ0n) is 16.2. The van der Waals surface area contributed by atoms with Crippen LogP contribution in [0.25, 0.3) is 0 Å². The predicted molar refractivity (Wildman–Crippen MR) is 111 cm³/mol. The summed E-state index contributed by atoms with van der Waals surface area (Å²) in [7, 11) is 0.